The maximum Gasteiger partial charge on any atom is 0.251 e. The van der Waals surface area contributed by atoms with Gasteiger partial charge in [-0.25, -0.2) is 0 Å². The molecule has 4 N–H and O–H groups in total. The SMILES string of the molecule is CCO[C@H]1O[C@H](CCNC(=O)c2ccccc2)[C@H](O)[C@H](O)[C@H]1O. The number of hydrogen-bond acceptors (Lipinski definition) is 6. The Morgan fingerprint density at radius 2 is 1.87 bits per heavy atom. The second-order valence-electron chi connectivity index (χ2n) is 5.38. The van der Waals surface area contributed by atoms with Crippen LogP contribution in [0.1, 0.15) is 23.7 Å². The minimum atomic E-state index is -1.35. The molecule has 1 aliphatic heterocycles. The van der Waals surface area contributed by atoms with E-state index in [1.54, 1.807) is 31.2 Å². The third-order valence-electron chi connectivity index (χ3n) is 3.75. The molecular weight excluding hydrogens is 302 g/mol. The Balaban J connectivity index is 1.85. The topological polar surface area (TPSA) is 108 Å². The van der Waals surface area contributed by atoms with Crippen LogP contribution in [0.15, 0.2) is 30.3 Å². The van der Waals surface area contributed by atoms with Crippen molar-refractivity contribution in [2.45, 2.75) is 44.1 Å². The van der Waals surface area contributed by atoms with Crippen LogP contribution in [0.3, 0.4) is 0 Å². The van der Waals surface area contributed by atoms with Crippen LogP contribution < -0.4 is 5.32 Å². The van der Waals surface area contributed by atoms with Crippen molar-refractivity contribution in [2.75, 3.05) is 13.2 Å². The molecule has 2 rings (SSSR count). The maximum absolute atomic E-state index is 11.9. The lowest BCUT2D eigenvalue weighted by Gasteiger charge is -2.40. The van der Waals surface area contributed by atoms with E-state index in [1.165, 1.54) is 0 Å². The quantitative estimate of drug-likeness (QED) is 0.569. The van der Waals surface area contributed by atoms with E-state index in [2.05, 4.69) is 5.32 Å². The number of hydrogen-bond donors (Lipinski definition) is 4. The highest BCUT2D eigenvalue weighted by molar-refractivity contribution is 5.94. The predicted octanol–water partition coefficient (Wildman–Crippen LogP) is -0.349. The first-order chi connectivity index (χ1) is 11.0. The van der Waals surface area contributed by atoms with Crippen LogP contribution in [-0.2, 0) is 9.47 Å². The van der Waals surface area contributed by atoms with Gasteiger partial charge in [-0.15, -0.1) is 0 Å². The molecule has 0 aromatic heterocycles. The number of rotatable bonds is 6. The molecular formula is C16H23NO6. The third-order valence-corrected chi connectivity index (χ3v) is 3.75. The van der Waals surface area contributed by atoms with Crippen LogP contribution in [0.25, 0.3) is 0 Å². The Hall–Kier alpha value is -1.51. The highest BCUT2D eigenvalue weighted by Crippen LogP contribution is 2.23. The van der Waals surface area contributed by atoms with Crippen molar-refractivity contribution in [3.8, 4) is 0 Å². The number of amides is 1. The number of nitrogens with one attached hydrogen (secondary N) is 1. The minimum absolute atomic E-state index is 0.224. The summed E-state index contributed by atoms with van der Waals surface area (Å²) >= 11 is 0. The summed E-state index contributed by atoms with van der Waals surface area (Å²) in [5.41, 5.74) is 0.542. The van der Waals surface area contributed by atoms with Crippen molar-refractivity contribution in [3.63, 3.8) is 0 Å². The summed E-state index contributed by atoms with van der Waals surface area (Å²) in [5.74, 6) is -0.224. The van der Waals surface area contributed by atoms with Crippen molar-refractivity contribution in [3.05, 3.63) is 35.9 Å². The van der Waals surface area contributed by atoms with Gasteiger partial charge in [0, 0.05) is 18.7 Å². The van der Waals surface area contributed by atoms with Crippen molar-refractivity contribution in [2.24, 2.45) is 0 Å². The molecule has 1 aliphatic rings. The summed E-state index contributed by atoms with van der Waals surface area (Å²) in [6, 6.07) is 8.77. The molecule has 23 heavy (non-hydrogen) atoms. The van der Waals surface area contributed by atoms with E-state index < -0.39 is 30.7 Å². The molecule has 1 amide bonds. The highest BCUT2D eigenvalue weighted by Gasteiger charge is 2.43. The molecule has 0 radical (unpaired) electrons. The maximum atomic E-state index is 11.9. The molecule has 0 saturated carbocycles. The molecule has 1 saturated heterocycles. The fourth-order valence-electron chi connectivity index (χ4n) is 2.48. The minimum Gasteiger partial charge on any atom is -0.388 e. The van der Waals surface area contributed by atoms with E-state index in [9.17, 15) is 20.1 Å². The standard InChI is InChI=1S/C16H23NO6/c1-2-22-16-14(20)13(19)12(18)11(23-16)8-9-17-15(21)10-6-4-3-5-7-10/h3-7,11-14,16,18-20H,2,8-9H2,1H3,(H,17,21)/t11-,12+,13+,14-,16+/m1/s1. The Labute approximate surface area is 134 Å². The van der Waals surface area contributed by atoms with Crippen LogP contribution in [-0.4, -0.2) is 65.1 Å². The lowest BCUT2D eigenvalue weighted by atomic mass is 9.97. The summed E-state index contributed by atoms with van der Waals surface area (Å²) < 4.78 is 10.7. The number of aliphatic hydroxyl groups excluding tert-OH is 3. The smallest absolute Gasteiger partial charge is 0.251 e. The van der Waals surface area contributed by atoms with Gasteiger partial charge in [0.05, 0.1) is 6.10 Å². The highest BCUT2D eigenvalue weighted by atomic mass is 16.7. The van der Waals surface area contributed by atoms with Gasteiger partial charge in [-0.1, -0.05) is 18.2 Å². The molecule has 0 unspecified atom stereocenters. The molecule has 1 aromatic rings. The first-order valence-electron chi connectivity index (χ1n) is 7.69. The fraction of sp³-hybridized carbons (Fsp3) is 0.562. The Bertz CT molecular complexity index is 497. The van der Waals surface area contributed by atoms with Crippen molar-refractivity contribution in [1.29, 1.82) is 0 Å². The Morgan fingerprint density at radius 1 is 1.17 bits per heavy atom. The van der Waals surface area contributed by atoms with Crippen LogP contribution in [0, 0.1) is 0 Å². The molecule has 1 aromatic carbocycles. The number of carbonyl (C=O) groups excluding carboxylic acids is 1. The summed E-state index contributed by atoms with van der Waals surface area (Å²) in [5, 5.41) is 32.3. The molecule has 0 bridgehead atoms. The predicted molar refractivity (Wildman–Crippen MR) is 81.7 cm³/mol. The lowest BCUT2D eigenvalue weighted by Crippen LogP contribution is -2.58. The van der Waals surface area contributed by atoms with Gasteiger partial charge >= 0.3 is 0 Å². The van der Waals surface area contributed by atoms with Crippen molar-refractivity contribution >= 4 is 5.91 Å². The van der Waals surface area contributed by atoms with Gasteiger partial charge in [-0.05, 0) is 25.5 Å². The molecule has 1 fully saturated rings. The number of carbonyl (C=O) groups is 1. The van der Waals surface area contributed by atoms with Crippen LogP contribution in [0.2, 0.25) is 0 Å². The van der Waals surface area contributed by atoms with Crippen LogP contribution in [0.5, 0.6) is 0 Å². The van der Waals surface area contributed by atoms with E-state index >= 15 is 0 Å². The second-order valence-corrected chi connectivity index (χ2v) is 5.38. The molecule has 5 atom stereocenters. The van der Waals surface area contributed by atoms with Gasteiger partial charge in [-0.3, -0.25) is 4.79 Å². The number of ether oxygens (including phenoxy) is 2. The first-order valence-corrected chi connectivity index (χ1v) is 7.69. The number of benzene rings is 1. The molecule has 0 aliphatic carbocycles. The summed E-state index contributed by atoms with van der Waals surface area (Å²) in [6.07, 6.45) is -5.34. The zero-order chi connectivity index (χ0) is 16.8. The van der Waals surface area contributed by atoms with Crippen LogP contribution in [0.4, 0.5) is 0 Å². The fourth-order valence-corrected chi connectivity index (χ4v) is 2.48. The Kier molecular flexibility index (Phi) is 6.49. The van der Waals surface area contributed by atoms with E-state index in [1.807, 2.05) is 6.07 Å². The van der Waals surface area contributed by atoms with Gasteiger partial charge in [0.15, 0.2) is 6.29 Å². The van der Waals surface area contributed by atoms with E-state index in [0.29, 0.717) is 12.2 Å². The largest absolute Gasteiger partial charge is 0.388 e. The zero-order valence-electron chi connectivity index (χ0n) is 13.0. The normalized spacial score (nSPS) is 30.9. The van der Waals surface area contributed by atoms with Crippen LogP contribution >= 0.6 is 0 Å². The van der Waals surface area contributed by atoms with Crippen molar-refractivity contribution in [1.82, 2.24) is 5.32 Å². The van der Waals surface area contributed by atoms with Gasteiger partial charge in [0.2, 0.25) is 0 Å². The molecule has 7 nitrogen and oxygen atoms in total. The lowest BCUT2D eigenvalue weighted by molar-refractivity contribution is -0.296. The van der Waals surface area contributed by atoms with Gasteiger partial charge in [-0.2, -0.15) is 0 Å². The number of aliphatic hydroxyl groups is 3. The van der Waals surface area contributed by atoms with E-state index in [-0.39, 0.29) is 18.9 Å². The first kappa shape index (κ1) is 17.8. The third kappa shape index (κ3) is 4.49. The van der Waals surface area contributed by atoms with Gasteiger partial charge in [0.1, 0.15) is 18.3 Å². The summed E-state index contributed by atoms with van der Waals surface area (Å²) in [6.45, 7) is 2.31. The molecule has 128 valence electrons. The van der Waals surface area contributed by atoms with Crippen molar-refractivity contribution < 1.29 is 29.6 Å². The summed E-state index contributed by atoms with van der Waals surface area (Å²) in [7, 11) is 0. The van der Waals surface area contributed by atoms with E-state index in [4.69, 9.17) is 9.47 Å². The average molecular weight is 325 g/mol. The summed E-state index contributed by atoms with van der Waals surface area (Å²) in [4.78, 5) is 11.9. The van der Waals surface area contributed by atoms with Gasteiger partial charge in [0.25, 0.3) is 5.91 Å². The van der Waals surface area contributed by atoms with E-state index in [0.717, 1.165) is 0 Å². The monoisotopic (exact) mass is 325 g/mol. The molecule has 0 spiro atoms. The van der Waals surface area contributed by atoms with Gasteiger partial charge < -0.3 is 30.1 Å². The zero-order valence-corrected chi connectivity index (χ0v) is 13.0. The Morgan fingerprint density at radius 3 is 2.52 bits per heavy atom. The average Bonchev–Trinajstić information content (AvgIpc) is 2.57. The molecule has 7 heteroatoms. The second kappa shape index (κ2) is 8.37. The molecule has 1 heterocycles.